The zero-order valence-corrected chi connectivity index (χ0v) is 11.8. The smallest absolute Gasteiger partial charge is 0.305 e. The van der Waals surface area contributed by atoms with E-state index in [-0.39, 0.29) is 25.0 Å². The van der Waals surface area contributed by atoms with Gasteiger partial charge in [0.2, 0.25) is 5.91 Å². The van der Waals surface area contributed by atoms with Gasteiger partial charge in [-0.2, -0.15) is 0 Å². The summed E-state index contributed by atoms with van der Waals surface area (Å²) in [6.07, 6.45) is 0.406. The first-order valence-electron chi connectivity index (χ1n) is 6.44. The van der Waals surface area contributed by atoms with Crippen molar-refractivity contribution in [1.82, 2.24) is 4.90 Å². The van der Waals surface area contributed by atoms with Gasteiger partial charge in [-0.25, -0.2) is 0 Å². The number of rotatable bonds is 9. The molecule has 0 aromatic heterocycles. The number of hydrogen-bond donors (Lipinski definition) is 1. The van der Waals surface area contributed by atoms with E-state index < -0.39 is 5.97 Å². The predicted molar refractivity (Wildman–Crippen MR) is 69.4 cm³/mol. The van der Waals surface area contributed by atoms with Crippen LogP contribution in [0.4, 0.5) is 0 Å². The van der Waals surface area contributed by atoms with Crippen LogP contribution in [0.5, 0.6) is 0 Å². The number of hydrogen-bond acceptors (Lipinski definition) is 3. The molecule has 0 aliphatic heterocycles. The summed E-state index contributed by atoms with van der Waals surface area (Å²) in [6, 6.07) is 0. The number of ether oxygens (including phenoxy) is 1. The highest BCUT2D eigenvalue weighted by atomic mass is 16.5. The zero-order valence-electron chi connectivity index (χ0n) is 11.8. The van der Waals surface area contributed by atoms with Gasteiger partial charge in [0, 0.05) is 13.1 Å². The van der Waals surface area contributed by atoms with Crippen LogP contribution in [-0.2, 0) is 14.3 Å². The van der Waals surface area contributed by atoms with Crippen LogP contribution in [0, 0.1) is 5.92 Å². The van der Waals surface area contributed by atoms with Crippen LogP contribution in [0.3, 0.4) is 0 Å². The van der Waals surface area contributed by atoms with Crippen molar-refractivity contribution >= 4 is 11.9 Å². The number of nitrogens with zero attached hydrogens (tertiary/aromatic N) is 1. The SMILES string of the molecule is CC(C)CN(CCC(=O)O)C(=O)CCOC(C)C. The maximum absolute atomic E-state index is 11.9. The first-order chi connectivity index (χ1) is 8.32. The lowest BCUT2D eigenvalue weighted by Gasteiger charge is -2.24. The van der Waals surface area contributed by atoms with E-state index in [1.807, 2.05) is 27.7 Å². The van der Waals surface area contributed by atoms with Crippen LogP contribution in [0.2, 0.25) is 0 Å². The molecule has 18 heavy (non-hydrogen) atoms. The predicted octanol–water partition coefficient (Wildman–Crippen LogP) is 1.76. The molecule has 0 fully saturated rings. The zero-order chi connectivity index (χ0) is 14.1. The summed E-state index contributed by atoms with van der Waals surface area (Å²) in [5, 5.41) is 8.66. The number of carbonyl (C=O) groups excluding carboxylic acids is 1. The van der Waals surface area contributed by atoms with Crippen molar-refractivity contribution in [3.8, 4) is 0 Å². The van der Waals surface area contributed by atoms with Crippen molar-refractivity contribution in [2.75, 3.05) is 19.7 Å². The molecule has 5 heteroatoms. The summed E-state index contributed by atoms with van der Waals surface area (Å²) in [4.78, 5) is 24.1. The molecule has 0 aromatic carbocycles. The van der Waals surface area contributed by atoms with Gasteiger partial charge in [-0.1, -0.05) is 13.8 Å². The fourth-order valence-electron chi connectivity index (χ4n) is 1.53. The van der Waals surface area contributed by atoms with Crippen molar-refractivity contribution in [2.24, 2.45) is 5.92 Å². The molecule has 1 amide bonds. The van der Waals surface area contributed by atoms with Crippen molar-refractivity contribution in [3.05, 3.63) is 0 Å². The Morgan fingerprint density at radius 3 is 2.22 bits per heavy atom. The Bertz CT molecular complexity index is 264. The topological polar surface area (TPSA) is 66.8 Å². The van der Waals surface area contributed by atoms with Gasteiger partial charge in [0.15, 0.2) is 0 Å². The number of carboxylic acid groups (broad SMARTS) is 1. The molecule has 0 aliphatic rings. The normalized spacial score (nSPS) is 11.0. The highest BCUT2D eigenvalue weighted by Gasteiger charge is 2.15. The Morgan fingerprint density at radius 1 is 1.17 bits per heavy atom. The monoisotopic (exact) mass is 259 g/mol. The van der Waals surface area contributed by atoms with Gasteiger partial charge >= 0.3 is 5.97 Å². The standard InChI is InChI=1S/C13H25NO4/c1-10(2)9-14(7-5-13(16)17)12(15)6-8-18-11(3)4/h10-11H,5-9H2,1-4H3,(H,16,17). The highest BCUT2D eigenvalue weighted by molar-refractivity contribution is 5.77. The molecule has 1 N–H and O–H groups in total. The largest absolute Gasteiger partial charge is 0.481 e. The summed E-state index contributed by atoms with van der Waals surface area (Å²) in [6.45, 7) is 9.10. The van der Waals surface area contributed by atoms with E-state index in [0.29, 0.717) is 25.5 Å². The van der Waals surface area contributed by atoms with Crippen molar-refractivity contribution in [3.63, 3.8) is 0 Å². The molecule has 0 radical (unpaired) electrons. The highest BCUT2D eigenvalue weighted by Crippen LogP contribution is 2.04. The van der Waals surface area contributed by atoms with Crippen molar-refractivity contribution in [1.29, 1.82) is 0 Å². The van der Waals surface area contributed by atoms with E-state index in [4.69, 9.17) is 9.84 Å². The van der Waals surface area contributed by atoms with Gasteiger partial charge in [-0.05, 0) is 19.8 Å². The van der Waals surface area contributed by atoms with Gasteiger partial charge < -0.3 is 14.7 Å². The molecular weight excluding hydrogens is 234 g/mol. The second-order valence-electron chi connectivity index (χ2n) is 5.05. The number of carbonyl (C=O) groups is 2. The summed E-state index contributed by atoms with van der Waals surface area (Å²) in [5.41, 5.74) is 0. The second kappa shape index (κ2) is 8.91. The molecule has 0 atom stereocenters. The van der Waals surface area contributed by atoms with E-state index in [9.17, 15) is 9.59 Å². The number of amides is 1. The summed E-state index contributed by atoms with van der Waals surface area (Å²) >= 11 is 0. The van der Waals surface area contributed by atoms with Crippen LogP contribution >= 0.6 is 0 Å². The van der Waals surface area contributed by atoms with Crippen LogP contribution in [-0.4, -0.2) is 47.7 Å². The first-order valence-corrected chi connectivity index (χ1v) is 6.44. The molecule has 0 heterocycles. The quantitative estimate of drug-likeness (QED) is 0.685. The Balaban J connectivity index is 4.17. The molecule has 0 bridgehead atoms. The molecule has 0 aliphatic carbocycles. The molecule has 0 spiro atoms. The molecule has 0 rings (SSSR count). The van der Waals surface area contributed by atoms with Gasteiger partial charge in [0.25, 0.3) is 0 Å². The lowest BCUT2D eigenvalue weighted by atomic mass is 10.2. The molecular formula is C13H25NO4. The minimum absolute atomic E-state index is 0.0104. The maximum atomic E-state index is 11.9. The van der Waals surface area contributed by atoms with Crippen LogP contribution in [0.1, 0.15) is 40.5 Å². The van der Waals surface area contributed by atoms with Gasteiger partial charge in [-0.15, -0.1) is 0 Å². The van der Waals surface area contributed by atoms with E-state index in [1.165, 1.54) is 0 Å². The fourth-order valence-corrected chi connectivity index (χ4v) is 1.53. The molecule has 0 aromatic rings. The van der Waals surface area contributed by atoms with Crippen LogP contribution in [0.25, 0.3) is 0 Å². The van der Waals surface area contributed by atoms with Crippen molar-refractivity contribution in [2.45, 2.75) is 46.6 Å². The Kier molecular flexibility index (Phi) is 8.37. The summed E-state index contributed by atoms with van der Waals surface area (Å²) < 4.78 is 5.33. The Morgan fingerprint density at radius 2 is 1.78 bits per heavy atom. The second-order valence-corrected chi connectivity index (χ2v) is 5.05. The summed E-state index contributed by atoms with van der Waals surface area (Å²) in [5.74, 6) is -0.589. The third-order valence-electron chi connectivity index (χ3n) is 2.30. The third-order valence-corrected chi connectivity index (χ3v) is 2.30. The maximum Gasteiger partial charge on any atom is 0.305 e. The van der Waals surface area contributed by atoms with E-state index in [2.05, 4.69) is 0 Å². The molecule has 106 valence electrons. The average molecular weight is 259 g/mol. The minimum Gasteiger partial charge on any atom is -0.481 e. The van der Waals surface area contributed by atoms with Crippen LogP contribution < -0.4 is 0 Å². The molecule has 0 unspecified atom stereocenters. The third kappa shape index (κ3) is 8.98. The summed E-state index contributed by atoms with van der Waals surface area (Å²) in [7, 11) is 0. The molecule has 0 saturated carbocycles. The Labute approximate surface area is 109 Å². The van der Waals surface area contributed by atoms with Gasteiger partial charge in [0.05, 0.1) is 25.6 Å². The Hall–Kier alpha value is -1.10. The first kappa shape index (κ1) is 16.9. The molecule has 5 nitrogen and oxygen atoms in total. The van der Waals surface area contributed by atoms with E-state index >= 15 is 0 Å². The lowest BCUT2D eigenvalue weighted by molar-refractivity contribution is -0.139. The lowest BCUT2D eigenvalue weighted by Crippen LogP contribution is -2.36. The van der Waals surface area contributed by atoms with E-state index in [1.54, 1.807) is 4.90 Å². The minimum atomic E-state index is -0.880. The number of aliphatic carboxylic acids is 1. The van der Waals surface area contributed by atoms with Crippen molar-refractivity contribution < 1.29 is 19.4 Å². The van der Waals surface area contributed by atoms with Gasteiger partial charge in [0.1, 0.15) is 0 Å². The van der Waals surface area contributed by atoms with Crippen LogP contribution in [0.15, 0.2) is 0 Å². The fraction of sp³-hybridized carbons (Fsp3) is 0.846. The van der Waals surface area contributed by atoms with E-state index in [0.717, 1.165) is 0 Å². The van der Waals surface area contributed by atoms with Gasteiger partial charge in [-0.3, -0.25) is 9.59 Å². The average Bonchev–Trinajstić information content (AvgIpc) is 2.22. The number of carboxylic acids is 1. The molecule has 0 saturated heterocycles.